The number of benzene rings is 2. The van der Waals surface area contributed by atoms with Gasteiger partial charge in [0.1, 0.15) is 5.82 Å². The molecule has 0 saturated heterocycles. The fourth-order valence-electron chi connectivity index (χ4n) is 2.14. The fraction of sp³-hybridized carbons (Fsp3) is 0.111. The second-order valence-corrected chi connectivity index (χ2v) is 6.22. The molecule has 3 aromatic rings. The van der Waals surface area contributed by atoms with E-state index in [1.165, 1.54) is 37.4 Å². The third kappa shape index (κ3) is 4.91. The molecule has 0 bridgehead atoms. The van der Waals surface area contributed by atoms with Crippen LogP contribution in [0.3, 0.4) is 0 Å². The van der Waals surface area contributed by atoms with Gasteiger partial charge in [0.15, 0.2) is 0 Å². The van der Waals surface area contributed by atoms with Gasteiger partial charge in [-0.25, -0.2) is 9.18 Å². The number of hydrogen-bond acceptors (Lipinski definition) is 7. The molecule has 1 heterocycles. The van der Waals surface area contributed by atoms with Gasteiger partial charge in [-0.3, -0.25) is 4.79 Å². The van der Waals surface area contributed by atoms with Crippen LogP contribution in [0.15, 0.2) is 58.2 Å². The van der Waals surface area contributed by atoms with Gasteiger partial charge < -0.3 is 14.5 Å². The van der Waals surface area contributed by atoms with E-state index in [0.29, 0.717) is 16.8 Å². The molecule has 0 aliphatic rings. The Balaban J connectivity index is 1.57. The zero-order valence-electron chi connectivity index (χ0n) is 14.1. The molecule has 0 saturated carbocycles. The van der Waals surface area contributed by atoms with Crippen molar-refractivity contribution in [3.63, 3.8) is 0 Å². The number of aromatic nitrogens is 2. The number of amides is 1. The fourth-order valence-corrected chi connectivity index (χ4v) is 2.71. The number of carbonyl (C=O) groups excluding carboxylic acids is 2. The average Bonchev–Trinajstić information content (AvgIpc) is 3.15. The molecule has 27 heavy (non-hydrogen) atoms. The summed E-state index contributed by atoms with van der Waals surface area (Å²) in [5, 5.41) is 10.6. The Kier molecular flexibility index (Phi) is 5.82. The number of ether oxygens (including phenoxy) is 1. The average molecular weight is 387 g/mol. The first-order valence-electron chi connectivity index (χ1n) is 7.75. The number of rotatable bonds is 6. The summed E-state index contributed by atoms with van der Waals surface area (Å²) in [7, 11) is 1.29. The highest BCUT2D eigenvalue weighted by molar-refractivity contribution is 7.99. The van der Waals surface area contributed by atoms with Gasteiger partial charge >= 0.3 is 5.97 Å². The molecule has 3 rings (SSSR count). The smallest absolute Gasteiger partial charge is 0.337 e. The second-order valence-electron chi connectivity index (χ2n) is 5.29. The van der Waals surface area contributed by atoms with E-state index in [2.05, 4.69) is 20.3 Å². The van der Waals surface area contributed by atoms with Crippen LogP contribution in [-0.4, -0.2) is 34.9 Å². The molecule has 0 unspecified atom stereocenters. The third-order valence-corrected chi connectivity index (χ3v) is 4.21. The number of carbonyl (C=O) groups is 2. The molecule has 9 heteroatoms. The van der Waals surface area contributed by atoms with Gasteiger partial charge in [0, 0.05) is 11.3 Å². The summed E-state index contributed by atoms with van der Waals surface area (Å²) < 4.78 is 23.0. The topological polar surface area (TPSA) is 94.3 Å². The lowest BCUT2D eigenvalue weighted by Gasteiger charge is -2.05. The van der Waals surface area contributed by atoms with E-state index >= 15 is 0 Å². The first-order valence-corrected chi connectivity index (χ1v) is 8.74. The summed E-state index contributed by atoms with van der Waals surface area (Å²) in [6.07, 6.45) is 0. The predicted octanol–water partition coefficient (Wildman–Crippen LogP) is 3.39. The van der Waals surface area contributed by atoms with Crippen LogP contribution in [0.1, 0.15) is 10.4 Å². The lowest BCUT2D eigenvalue weighted by molar-refractivity contribution is -0.113. The molecule has 0 fully saturated rings. The van der Waals surface area contributed by atoms with Crippen molar-refractivity contribution in [3.05, 3.63) is 59.9 Å². The number of hydrogen-bond donors (Lipinski definition) is 1. The van der Waals surface area contributed by atoms with Crippen molar-refractivity contribution in [3.8, 4) is 11.5 Å². The molecule has 0 aliphatic heterocycles. The monoisotopic (exact) mass is 387 g/mol. The van der Waals surface area contributed by atoms with Crippen molar-refractivity contribution in [2.24, 2.45) is 0 Å². The molecule has 0 radical (unpaired) electrons. The van der Waals surface area contributed by atoms with Crippen LogP contribution in [0, 0.1) is 5.82 Å². The van der Waals surface area contributed by atoms with Gasteiger partial charge in [-0.15, -0.1) is 10.2 Å². The maximum absolute atomic E-state index is 12.9. The summed E-state index contributed by atoms with van der Waals surface area (Å²) in [5.41, 5.74) is 1.39. The van der Waals surface area contributed by atoms with Crippen molar-refractivity contribution in [1.82, 2.24) is 10.2 Å². The Labute approximate surface area is 157 Å². The lowest BCUT2D eigenvalue weighted by Crippen LogP contribution is -2.14. The second kappa shape index (κ2) is 8.45. The molecule has 138 valence electrons. The standard InChI is InChI=1S/C18H14FN3O4S/c1-25-17(24)12-3-2-4-14(9-12)20-15(23)10-27-18-22-21-16(26-18)11-5-7-13(19)8-6-11/h2-9H,10H2,1H3,(H,20,23). The van der Waals surface area contributed by atoms with Crippen LogP contribution < -0.4 is 5.32 Å². The Hall–Kier alpha value is -3.20. The Bertz CT molecular complexity index is 959. The van der Waals surface area contributed by atoms with E-state index in [1.54, 1.807) is 18.2 Å². The van der Waals surface area contributed by atoms with Crippen LogP contribution >= 0.6 is 11.8 Å². The van der Waals surface area contributed by atoms with Crippen molar-refractivity contribution >= 4 is 29.3 Å². The van der Waals surface area contributed by atoms with Gasteiger partial charge in [-0.05, 0) is 42.5 Å². The molecule has 0 atom stereocenters. The third-order valence-electron chi connectivity index (χ3n) is 3.39. The number of anilines is 1. The van der Waals surface area contributed by atoms with E-state index < -0.39 is 5.97 Å². The minimum atomic E-state index is -0.486. The zero-order chi connectivity index (χ0) is 19.2. The SMILES string of the molecule is COC(=O)c1cccc(NC(=O)CSc2nnc(-c3ccc(F)cc3)o2)c1. The normalized spacial score (nSPS) is 10.4. The molecule has 2 aromatic carbocycles. The molecule has 0 aliphatic carbocycles. The van der Waals surface area contributed by atoms with E-state index in [4.69, 9.17) is 4.42 Å². The van der Waals surface area contributed by atoms with E-state index in [0.717, 1.165) is 11.8 Å². The lowest BCUT2D eigenvalue weighted by atomic mass is 10.2. The summed E-state index contributed by atoms with van der Waals surface area (Å²) in [6, 6.07) is 12.1. The highest BCUT2D eigenvalue weighted by Gasteiger charge is 2.12. The molecule has 1 amide bonds. The highest BCUT2D eigenvalue weighted by atomic mass is 32.2. The van der Waals surface area contributed by atoms with Gasteiger partial charge in [0.25, 0.3) is 5.22 Å². The maximum atomic E-state index is 12.9. The van der Waals surface area contributed by atoms with Gasteiger partial charge in [0.05, 0.1) is 18.4 Å². The highest BCUT2D eigenvalue weighted by Crippen LogP contribution is 2.23. The number of methoxy groups -OCH3 is 1. The van der Waals surface area contributed by atoms with E-state index in [9.17, 15) is 14.0 Å². The summed E-state index contributed by atoms with van der Waals surface area (Å²) in [4.78, 5) is 23.6. The first kappa shape index (κ1) is 18.6. The van der Waals surface area contributed by atoms with E-state index in [1.807, 2.05) is 0 Å². The van der Waals surface area contributed by atoms with E-state index in [-0.39, 0.29) is 28.6 Å². The van der Waals surface area contributed by atoms with Gasteiger partial charge in [0.2, 0.25) is 11.8 Å². The van der Waals surface area contributed by atoms with Crippen molar-refractivity contribution in [1.29, 1.82) is 0 Å². The quantitative estimate of drug-likeness (QED) is 0.512. The summed E-state index contributed by atoms with van der Waals surface area (Å²) in [5.74, 6) is -0.874. The molecule has 0 spiro atoms. The molecular weight excluding hydrogens is 373 g/mol. The van der Waals surface area contributed by atoms with Crippen LogP contribution in [0.2, 0.25) is 0 Å². The minimum Gasteiger partial charge on any atom is -0.465 e. The number of thioether (sulfide) groups is 1. The first-order chi connectivity index (χ1) is 13.0. The van der Waals surface area contributed by atoms with Crippen LogP contribution in [0.4, 0.5) is 10.1 Å². The van der Waals surface area contributed by atoms with Crippen molar-refractivity contribution in [2.75, 3.05) is 18.2 Å². The number of nitrogens with zero attached hydrogens (tertiary/aromatic N) is 2. The summed E-state index contributed by atoms with van der Waals surface area (Å²) in [6.45, 7) is 0. The van der Waals surface area contributed by atoms with Gasteiger partial charge in [-0.1, -0.05) is 17.8 Å². The largest absolute Gasteiger partial charge is 0.465 e. The summed E-state index contributed by atoms with van der Waals surface area (Å²) >= 11 is 1.06. The number of nitrogens with one attached hydrogen (secondary N) is 1. The zero-order valence-corrected chi connectivity index (χ0v) is 15.0. The van der Waals surface area contributed by atoms with Crippen LogP contribution in [-0.2, 0) is 9.53 Å². The predicted molar refractivity (Wildman–Crippen MR) is 96.8 cm³/mol. The Morgan fingerprint density at radius 2 is 1.96 bits per heavy atom. The Morgan fingerprint density at radius 3 is 2.70 bits per heavy atom. The molecule has 1 N–H and O–H groups in total. The minimum absolute atomic E-state index is 0.0352. The molecule has 7 nitrogen and oxygen atoms in total. The Morgan fingerprint density at radius 1 is 1.19 bits per heavy atom. The number of esters is 1. The van der Waals surface area contributed by atoms with Crippen molar-refractivity contribution < 1.29 is 23.1 Å². The van der Waals surface area contributed by atoms with Crippen molar-refractivity contribution in [2.45, 2.75) is 5.22 Å². The van der Waals surface area contributed by atoms with Gasteiger partial charge in [-0.2, -0.15) is 0 Å². The van der Waals surface area contributed by atoms with Crippen LogP contribution in [0.5, 0.6) is 0 Å². The molecule has 1 aromatic heterocycles. The molecular formula is C18H14FN3O4S. The maximum Gasteiger partial charge on any atom is 0.337 e. The number of halogens is 1. The van der Waals surface area contributed by atoms with Crippen LogP contribution in [0.25, 0.3) is 11.5 Å².